The zero-order chi connectivity index (χ0) is 23.7. The maximum atomic E-state index is 13.0. The Morgan fingerprint density at radius 2 is 2.12 bits per heavy atom. The molecule has 6 atom stereocenters. The molecule has 2 heterocycles. The summed E-state index contributed by atoms with van der Waals surface area (Å²) in [6, 6.07) is 3.61. The monoisotopic (exact) mass is 469 g/mol. The molecule has 2 N–H and O–H groups in total. The van der Waals surface area contributed by atoms with E-state index in [-0.39, 0.29) is 12.0 Å². The van der Waals surface area contributed by atoms with Crippen LogP contribution in [0, 0.1) is 5.92 Å². The van der Waals surface area contributed by atoms with Crippen LogP contribution in [-0.4, -0.2) is 54.6 Å². The molecular weight excluding hydrogens is 438 g/mol. The molecule has 3 aliphatic carbocycles. The highest BCUT2D eigenvalue weighted by Crippen LogP contribution is 2.67. The van der Waals surface area contributed by atoms with E-state index in [0.717, 1.165) is 44.2 Å². The Labute approximate surface area is 198 Å². The molecule has 1 saturated heterocycles. The number of hydrogen-bond donors (Lipinski definition) is 2. The van der Waals surface area contributed by atoms with E-state index >= 15 is 0 Å². The summed E-state index contributed by atoms with van der Waals surface area (Å²) in [5, 5.41) is 15.2. The van der Waals surface area contributed by atoms with Gasteiger partial charge in [0, 0.05) is 5.56 Å². The van der Waals surface area contributed by atoms with Gasteiger partial charge in [0.25, 0.3) is 0 Å². The van der Waals surface area contributed by atoms with Gasteiger partial charge in [0.1, 0.15) is 11.8 Å². The highest BCUT2D eigenvalue weighted by molar-refractivity contribution is 5.82. The van der Waals surface area contributed by atoms with Crippen molar-refractivity contribution >= 4 is 11.9 Å². The molecule has 1 aromatic carbocycles. The van der Waals surface area contributed by atoms with Crippen molar-refractivity contribution in [1.29, 1.82) is 0 Å². The molecule has 0 aromatic heterocycles. The fourth-order valence-electron chi connectivity index (χ4n) is 7.07. The summed E-state index contributed by atoms with van der Waals surface area (Å²) < 4.78 is 23.3. The average molecular weight is 470 g/mol. The lowest BCUT2D eigenvalue weighted by molar-refractivity contribution is -0.171. The SMILES string of the molecule is COc1ccc2c3c1O[C@H]1C(OC(=O)[C@H](C)OC(=O)[C@@H]4CCCN4)=CC[C@@]4(O)[C@H](CCC[C@]314)C2. The smallest absolute Gasteiger partial charge is 0.352 e. The summed E-state index contributed by atoms with van der Waals surface area (Å²) in [4.78, 5) is 25.3. The third-order valence-electron chi connectivity index (χ3n) is 8.66. The number of benzene rings is 1. The van der Waals surface area contributed by atoms with Crippen LogP contribution in [0.3, 0.4) is 0 Å². The van der Waals surface area contributed by atoms with Crippen LogP contribution in [0.4, 0.5) is 0 Å². The predicted molar refractivity (Wildman–Crippen MR) is 120 cm³/mol. The van der Waals surface area contributed by atoms with Crippen LogP contribution < -0.4 is 14.8 Å². The molecule has 1 spiro atoms. The summed E-state index contributed by atoms with van der Waals surface area (Å²) in [5.41, 5.74) is 0.518. The van der Waals surface area contributed by atoms with Gasteiger partial charge in [0.15, 0.2) is 23.7 Å². The first-order chi connectivity index (χ1) is 16.4. The lowest BCUT2D eigenvalue weighted by Gasteiger charge is -2.59. The molecule has 5 aliphatic rings. The Hall–Kier alpha value is -2.58. The third-order valence-corrected chi connectivity index (χ3v) is 8.66. The summed E-state index contributed by atoms with van der Waals surface area (Å²) in [5.74, 6) is 0.670. The van der Waals surface area contributed by atoms with Gasteiger partial charge in [-0.3, -0.25) is 4.79 Å². The molecule has 2 aliphatic heterocycles. The van der Waals surface area contributed by atoms with Crippen molar-refractivity contribution in [3.8, 4) is 11.5 Å². The van der Waals surface area contributed by atoms with Gasteiger partial charge in [-0.2, -0.15) is 0 Å². The molecule has 34 heavy (non-hydrogen) atoms. The molecule has 0 unspecified atom stereocenters. The largest absolute Gasteiger partial charge is 0.493 e. The quantitative estimate of drug-likeness (QED) is 0.634. The highest BCUT2D eigenvalue weighted by Gasteiger charge is 2.71. The van der Waals surface area contributed by atoms with E-state index < -0.39 is 35.2 Å². The summed E-state index contributed by atoms with van der Waals surface area (Å²) in [6.07, 6.45) is 5.55. The number of carbonyl (C=O) groups excluding carboxylic acids is 2. The molecule has 2 fully saturated rings. The number of aliphatic hydroxyl groups is 1. The number of esters is 2. The van der Waals surface area contributed by atoms with Crippen molar-refractivity contribution < 1.29 is 33.6 Å². The van der Waals surface area contributed by atoms with Crippen LogP contribution in [0.15, 0.2) is 24.0 Å². The van der Waals surface area contributed by atoms with E-state index in [2.05, 4.69) is 11.4 Å². The van der Waals surface area contributed by atoms with Crippen molar-refractivity contribution in [2.24, 2.45) is 5.92 Å². The number of ether oxygens (including phenoxy) is 4. The number of methoxy groups -OCH3 is 1. The van der Waals surface area contributed by atoms with Crippen LogP contribution in [0.25, 0.3) is 0 Å². The molecule has 1 saturated carbocycles. The average Bonchev–Trinajstić information content (AvgIpc) is 3.46. The number of carbonyl (C=O) groups is 2. The molecule has 0 amide bonds. The first-order valence-corrected chi connectivity index (χ1v) is 12.3. The van der Waals surface area contributed by atoms with E-state index in [4.69, 9.17) is 18.9 Å². The maximum absolute atomic E-state index is 13.0. The lowest BCUT2D eigenvalue weighted by Crippen LogP contribution is -2.67. The zero-order valence-corrected chi connectivity index (χ0v) is 19.6. The Balaban J connectivity index is 1.31. The van der Waals surface area contributed by atoms with Gasteiger partial charge in [0.05, 0.1) is 18.1 Å². The molecule has 8 nitrogen and oxygen atoms in total. The number of rotatable bonds is 5. The third kappa shape index (κ3) is 2.84. The van der Waals surface area contributed by atoms with E-state index in [1.165, 1.54) is 12.5 Å². The van der Waals surface area contributed by atoms with E-state index in [1.807, 2.05) is 6.07 Å². The second-order valence-electron chi connectivity index (χ2n) is 10.3. The van der Waals surface area contributed by atoms with Crippen LogP contribution in [0.2, 0.25) is 0 Å². The minimum absolute atomic E-state index is 0.117. The maximum Gasteiger partial charge on any atom is 0.352 e. The Kier molecular flexibility index (Phi) is 4.97. The topological polar surface area (TPSA) is 103 Å². The standard InChI is InChI=1S/C26H31NO7/c1-14(32-24(29)17-6-4-12-27-17)23(28)33-19-9-11-26(30)16-5-3-10-25(26)20-15(13-16)7-8-18(31-2)21(20)34-22(19)25/h7-9,14,16-17,22,27,30H,3-6,10-13H2,1-2H3/t14-,16+,17-,22-,25-,26+/m0/s1. The summed E-state index contributed by atoms with van der Waals surface area (Å²) in [6.45, 7) is 2.29. The van der Waals surface area contributed by atoms with Gasteiger partial charge in [-0.05, 0) is 75.6 Å². The van der Waals surface area contributed by atoms with Crippen molar-refractivity contribution in [3.63, 3.8) is 0 Å². The van der Waals surface area contributed by atoms with Gasteiger partial charge in [0.2, 0.25) is 0 Å². The minimum atomic E-state index is -1.05. The Morgan fingerprint density at radius 3 is 2.88 bits per heavy atom. The van der Waals surface area contributed by atoms with Crippen molar-refractivity contribution in [2.45, 2.75) is 81.1 Å². The fraction of sp³-hybridized carbons (Fsp3) is 0.615. The first kappa shape index (κ1) is 21.9. The van der Waals surface area contributed by atoms with E-state index in [0.29, 0.717) is 30.1 Å². The van der Waals surface area contributed by atoms with Crippen LogP contribution in [0.1, 0.15) is 56.6 Å². The van der Waals surface area contributed by atoms with Crippen molar-refractivity contribution in [2.75, 3.05) is 13.7 Å². The molecule has 6 rings (SSSR count). The van der Waals surface area contributed by atoms with E-state index in [1.54, 1.807) is 13.2 Å². The molecular formula is C26H31NO7. The van der Waals surface area contributed by atoms with Gasteiger partial charge < -0.3 is 29.4 Å². The minimum Gasteiger partial charge on any atom is -0.493 e. The van der Waals surface area contributed by atoms with Crippen LogP contribution in [-0.2, 0) is 30.9 Å². The molecule has 182 valence electrons. The van der Waals surface area contributed by atoms with Crippen molar-refractivity contribution in [1.82, 2.24) is 5.32 Å². The predicted octanol–water partition coefficient (Wildman–Crippen LogP) is 2.30. The van der Waals surface area contributed by atoms with Gasteiger partial charge >= 0.3 is 11.9 Å². The second-order valence-corrected chi connectivity index (χ2v) is 10.3. The van der Waals surface area contributed by atoms with Gasteiger partial charge in [-0.15, -0.1) is 0 Å². The molecule has 0 radical (unpaired) electrons. The van der Waals surface area contributed by atoms with Gasteiger partial charge in [-0.25, -0.2) is 4.79 Å². The highest BCUT2D eigenvalue weighted by atomic mass is 16.6. The zero-order valence-electron chi connectivity index (χ0n) is 19.6. The van der Waals surface area contributed by atoms with Crippen molar-refractivity contribution in [3.05, 3.63) is 35.1 Å². The summed E-state index contributed by atoms with van der Waals surface area (Å²) >= 11 is 0. The normalized spacial score (nSPS) is 35.5. The number of hydrogen-bond acceptors (Lipinski definition) is 8. The Morgan fingerprint density at radius 1 is 1.26 bits per heavy atom. The van der Waals surface area contributed by atoms with Gasteiger partial charge in [-0.1, -0.05) is 12.5 Å². The summed E-state index contributed by atoms with van der Waals surface area (Å²) in [7, 11) is 1.60. The fourth-order valence-corrected chi connectivity index (χ4v) is 7.07. The Bertz CT molecular complexity index is 1080. The van der Waals surface area contributed by atoms with Crippen LogP contribution >= 0.6 is 0 Å². The first-order valence-electron chi connectivity index (χ1n) is 12.3. The van der Waals surface area contributed by atoms with Crippen LogP contribution in [0.5, 0.6) is 11.5 Å². The molecule has 2 bridgehead atoms. The molecule has 8 heteroatoms. The van der Waals surface area contributed by atoms with E-state index in [9.17, 15) is 14.7 Å². The second kappa shape index (κ2) is 7.71. The molecule has 1 aromatic rings. The lowest BCUT2D eigenvalue weighted by atomic mass is 9.47. The number of nitrogens with one attached hydrogen (secondary N) is 1.